The van der Waals surface area contributed by atoms with E-state index in [4.69, 9.17) is 18.9 Å². The molecule has 1 aliphatic carbocycles. The molecule has 1 heterocycles. The van der Waals surface area contributed by atoms with Gasteiger partial charge in [-0.25, -0.2) is 0 Å². The Labute approximate surface area is 183 Å². The number of esters is 1. The fraction of sp³-hybridized carbons (Fsp3) is 0.480. The van der Waals surface area contributed by atoms with Gasteiger partial charge < -0.3 is 24.1 Å². The lowest BCUT2D eigenvalue weighted by molar-refractivity contribution is -0.210. The zero-order chi connectivity index (χ0) is 21.7. The van der Waals surface area contributed by atoms with Gasteiger partial charge >= 0.3 is 5.97 Å². The highest BCUT2D eigenvalue weighted by Gasteiger charge is 2.54. The topological polar surface area (TPSA) is 74.2 Å². The normalized spacial score (nSPS) is 20.3. The Kier molecular flexibility index (Phi) is 6.60. The number of carbonyl (C=O) groups is 1. The van der Waals surface area contributed by atoms with Crippen molar-refractivity contribution in [2.24, 2.45) is 5.41 Å². The van der Waals surface area contributed by atoms with Crippen LogP contribution in [0.5, 0.6) is 5.75 Å². The van der Waals surface area contributed by atoms with Crippen molar-refractivity contribution in [1.29, 1.82) is 0 Å². The molecule has 0 aromatic heterocycles. The summed E-state index contributed by atoms with van der Waals surface area (Å²) in [4.78, 5) is 13.0. The van der Waals surface area contributed by atoms with E-state index in [-0.39, 0.29) is 12.6 Å². The molecule has 1 N–H and O–H groups in total. The summed E-state index contributed by atoms with van der Waals surface area (Å²) < 4.78 is 22.8. The second-order valence-corrected chi connectivity index (χ2v) is 8.23. The summed E-state index contributed by atoms with van der Waals surface area (Å²) in [5.74, 6) is -0.273. The van der Waals surface area contributed by atoms with E-state index < -0.39 is 17.3 Å². The highest BCUT2D eigenvalue weighted by molar-refractivity contribution is 5.78. The van der Waals surface area contributed by atoms with Crippen LogP contribution in [0.25, 0.3) is 0 Å². The maximum Gasteiger partial charge on any atom is 0.315 e. The predicted octanol–water partition coefficient (Wildman–Crippen LogP) is 4.17. The first-order chi connectivity index (χ1) is 15.1. The molecule has 1 saturated carbocycles. The zero-order valence-corrected chi connectivity index (χ0v) is 17.9. The summed E-state index contributed by atoms with van der Waals surface area (Å²) in [6.45, 7) is 3.67. The third-order valence-corrected chi connectivity index (χ3v) is 6.37. The van der Waals surface area contributed by atoms with Crippen LogP contribution in [0, 0.1) is 5.41 Å². The first kappa shape index (κ1) is 21.8. The summed E-state index contributed by atoms with van der Waals surface area (Å²) in [5, 5.41) is 11.3. The summed E-state index contributed by atoms with van der Waals surface area (Å²) >= 11 is 0. The lowest BCUT2D eigenvalue weighted by Crippen LogP contribution is -2.47. The summed E-state index contributed by atoms with van der Waals surface area (Å²) in [5.41, 5.74) is 0.743. The van der Waals surface area contributed by atoms with Gasteiger partial charge in [0.2, 0.25) is 0 Å². The number of rotatable bonds is 7. The molecule has 6 nitrogen and oxygen atoms in total. The highest BCUT2D eigenvalue weighted by Crippen LogP contribution is 2.51. The van der Waals surface area contributed by atoms with Crippen LogP contribution >= 0.6 is 0 Å². The van der Waals surface area contributed by atoms with Crippen LogP contribution in [0.4, 0.5) is 0 Å². The summed E-state index contributed by atoms with van der Waals surface area (Å²) in [7, 11) is 0. The van der Waals surface area contributed by atoms with E-state index in [9.17, 15) is 9.90 Å². The summed E-state index contributed by atoms with van der Waals surface area (Å²) in [6, 6.07) is 17.2. The van der Waals surface area contributed by atoms with Crippen molar-refractivity contribution in [3.63, 3.8) is 0 Å². The molecule has 0 amide bonds. The fourth-order valence-corrected chi connectivity index (χ4v) is 4.53. The van der Waals surface area contributed by atoms with Crippen molar-refractivity contribution in [3.8, 4) is 5.75 Å². The number of ether oxygens (including phenoxy) is 4. The van der Waals surface area contributed by atoms with Crippen LogP contribution in [-0.4, -0.2) is 36.7 Å². The molecule has 1 aliphatic heterocycles. The molecule has 2 aliphatic rings. The molecule has 1 spiro atoms. The molecule has 1 saturated heterocycles. The second kappa shape index (κ2) is 9.39. The molecule has 2 fully saturated rings. The molecular formula is C25H30O6. The van der Waals surface area contributed by atoms with Gasteiger partial charge in [0.05, 0.1) is 31.3 Å². The second-order valence-electron chi connectivity index (χ2n) is 8.23. The van der Waals surface area contributed by atoms with E-state index in [1.807, 2.05) is 54.6 Å². The monoisotopic (exact) mass is 426 g/mol. The number of carbonyl (C=O) groups excluding carboxylic acids is 1. The average molecular weight is 427 g/mol. The zero-order valence-electron chi connectivity index (χ0n) is 17.9. The molecule has 2 aromatic rings. The SMILES string of the molecule is CCOC(=O)C1(C(O)c2ccc(OCc3ccccc3)cc2)CCC2(CC1)OCCO2. The Bertz CT molecular complexity index is 847. The van der Waals surface area contributed by atoms with Crippen LogP contribution in [-0.2, 0) is 25.6 Å². The Morgan fingerprint density at radius 2 is 1.65 bits per heavy atom. The Morgan fingerprint density at radius 1 is 1.00 bits per heavy atom. The van der Waals surface area contributed by atoms with Gasteiger partial charge in [-0.15, -0.1) is 0 Å². The standard InChI is InChI=1S/C25H30O6/c1-2-28-23(27)24(12-14-25(15-13-24)30-16-17-31-25)22(26)20-8-10-21(11-9-20)29-18-19-6-4-3-5-7-19/h3-11,22,26H,2,12-18H2,1H3. The predicted molar refractivity (Wildman–Crippen MR) is 114 cm³/mol. The number of hydrogen-bond donors (Lipinski definition) is 1. The Morgan fingerprint density at radius 3 is 2.26 bits per heavy atom. The van der Waals surface area contributed by atoms with E-state index in [2.05, 4.69) is 0 Å². The fourth-order valence-electron chi connectivity index (χ4n) is 4.53. The van der Waals surface area contributed by atoms with E-state index in [0.717, 1.165) is 5.56 Å². The number of benzene rings is 2. The highest BCUT2D eigenvalue weighted by atomic mass is 16.7. The third-order valence-electron chi connectivity index (χ3n) is 6.37. The number of aliphatic hydroxyl groups is 1. The third kappa shape index (κ3) is 4.61. The maximum absolute atomic E-state index is 13.0. The van der Waals surface area contributed by atoms with Gasteiger partial charge in [0.1, 0.15) is 12.4 Å². The first-order valence-electron chi connectivity index (χ1n) is 11.0. The molecule has 6 heteroatoms. The molecular weight excluding hydrogens is 396 g/mol. The van der Waals surface area contributed by atoms with Gasteiger partial charge in [0.25, 0.3) is 0 Å². The Hall–Kier alpha value is -2.41. The number of aliphatic hydroxyl groups excluding tert-OH is 1. The van der Waals surface area contributed by atoms with Crippen LogP contribution in [0.1, 0.15) is 49.8 Å². The molecule has 166 valence electrons. The van der Waals surface area contributed by atoms with Crippen LogP contribution in [0.2, 0.25) is 0 Å². The van der Waals surface area contributed by atoms with Crippen LogP contribution in [0.3, 0.4) is 0 Å². The van der Waals surface area contributed by atoms with Gasteiger partial charge in [-0.3, -0.25) is 4.79 Å². The molecule has 4 rings (SSSR count). The minimum absolute atomic E-state index is 0.276. The molecule has 0 radical (unpaired) electrons. The van der Waals surface area contributed by atoms with E-state index >= 15 is 0 Å². The van der Waals surface area contributed by atoms with Crippen LogP contribution in [0.15, 0.2) is 54.6 Å². The van der Waals surface area contributed by atoms with Crippen molar-refractivity contribution >= 4 is 5.97 Å². The van der Waals surface area contributed by atoms with Crippen molar-refractivity contribution in [3.05, 3.63) is 65.7 Å². The van der Waals surface area contributed by atoms with Gasteiger partial charge in [-0.1, -0.05) is 42.5 Å². The smallest absolute Gasteiger partial charge is 0.315 e. The lowest BCUT2D eigenvalue weighted by atomic mass is 9.66. The molecule has 1 unspecified atom stereocenters. The average Bonchev–Trinajstić information content (AvgIpc) is 3.27. The van der Waals surface area contributed by atoms with Crippen molar-refractivity contribution in [2.45, 2.75) is 51.1 Å². The minimum Gasteiger partial charge on any atom is -0.489 e. The van der Waals surface area contributed by atoms with Gasteiger partial charge in [0.15, 0.2) is 5.79 Å². The largest absolute Gasteiger partial charge is 0.489 e. The van der Waals surface area contributed by atoms with Crippen molar-refractivity contribution < 1.29 is 28.8 Å². The van der Waals surface area contributed by atoms with Crippen LogP contribution < -0.4 is 4.74 Å². The summed E-state index contributed by atoms with van der Waals surface area (Å²) in [6.07, 6.45) is 1.02. The Balaban J connectivity index is 1.47. The molecule has 1 atom stereocenters. The van der Waals surface area contributed by atoms with Crippen molar-refractivity contribution in [1.82, 2.24) is 0 Å². The first-order valence-corrected chi connectivity index (χ1v) is 11.0. The van der Waals surface area contributed by atoms with Crippen molar-refractivity contribution in [2.75, 3.05) is 19.8 Å². The quantitative estimate of drug-likeness (QED) is 0.670. The maximum atomic E-state index is 13.0. The lowest BCUT2D eigenvalue weighted by Gasteiger charge is -2.44. The molecule has 31 heavy (non-hydrogen) atoms. The molecule has 0 bridgehead atoms. The van der Waals surface area contributed by atoms with E-state index in [0.29, 0.717) is 56.8 Å². The molecule has 2 aromatic carbocycles. The van der Waals surface area contributed by atoms with Gasteiger partial charge in [-0.05, 0) is 43.0 Å². The number of hydrogen-bond acceptors (Lipinski definition) is 6. The van der Waals surface area contributed by atoms with Gasteiger partial charge in [0, 0.05) is 12.8 Å². The van der Waals surface area contributed by atoms with E-state index in [1.165, 1.54) is 0 Å². The van der Waals surface area contributed by atoms with E-state index in [1.54, 1.807) is 6.92 Å². The minimum atomic E-state index is -1.01. The van der Waals surface area contributed by atoms with Gasteiger partial charge in [-0.2, -0.15) is 0 Å².